The number of para-hydroxylation sites is 2. The largest absolute Gasteiger partial charge is 0.508 e. The molecule has 0 aliphatic carbocycles. The maximum absolute atomic E-state index is 14.1. The lowest BCUT2D eigenvalue weighted by molar-refractivity contribution is -0.133. The third-order valence-electron chi connectivity index (χ3n) is 11.4. The van der Waals surface area contributed by atoms with Crippen molar-refractivity contribution in [2.75, 3.05) is 18.5 Å². The number of hydrogen-bond donors (Lipinski definition) is 12. The number of nitrogens with two attached hydrogens (primary N) is 3. The van der Waals surface area contributed by atoms with E-state index in [2.05, 4.69) is 37.2 Å². The molecule has 4 aromatic carbocycles. The number of aromatic hydroxyl groups is 1. The molecule has 5 atom stereocenters. The second kappa shape index (κ2) is 25.4. The van der Waals surface area contributed by atoms with E-state index in [0.29, 0.717) is 52.8 Å². The zero-order valence-corrected chi connectivity index (χ0v) is 39.6. The van der Waals surface area contributed by atoms with Gasteiger partial charge in [-0.25, -0.2) is 4.98 Å². The van der Waals surface area contributed by atoms with Gasteiger partial charge in [-0.3, -0.25) is 38.4 Å². The number of fused-ring (bicyclic) bond motifs is 2. The predicted octanol–water partition coefficient (Wildman–Crippen LogP) is 0.892. The lowest BCUT2D eigenvalue weighted by Crippen LogP contribution is -2.57. The van der Waals surface area contributed by atoms with Crippen molar-refractivity contribution in [2.45, 2.75) is 89.6 Å². The minimum Gasteiger partial charge on any atom is -0.508 e. The summed E-state index contributed by atoms with van der Waals surface area (Å²) in [6.45, 7) is 4.28. The molecule has 0 radical (unpaired) electrons. The van der Waals surface area contributed by atoms with E-state index in [1.807, 2.05) is 12.1 Å². The van der Waals surface area contributed by atoms with Crippen LogP contribution in [0.15, 0.2) is 91.0 Å². The number of carbonyl (C=O) groups is 8. The number of phenolic OH excluding ortho intramolecular Hbond substituents is 1. The van der Waals surface area contributed by atoms with Crippen molar-refractivity contribution in [3.05, 3.63) is 108 Å². The van der Waals surface area contributed by atoms with E-state index in [4.69, 9.17) is 22.2 Å². The van der Waals surface area contributed by atoms with Gasteiger partial charge in [-0.15, -0.1) is 0 Å². The van der Waals surface area contributed by atoms with Crippen LogP contribution in [0, 0.1) is 5.92 Å². The third-order valence-corrected chi connectivity index (χ3v) is 11.4. The number of rotatable bonds is 25. The molecule has 1 heterocycles. The lowest BCUT2D eigenvalue weighted by Gasteiger charge is -2.24. The average Bonchev–Trinajstić information content (AvgIpc) is 3.33. The van der Waals surface area contributed by atoms with Gasteiger partial charge >= 0.3 is 0 Å². The van der Waals surface area contributed by atoms with Gasteiger partial charge in [0.25, 0.3) is 5.91 Å². The number of phenols is 1. The molecule has 5 aromatic rings. The number of carbonyl (C=O) groups excluding carboxylic acids is 8. The Morgan fingerprint density at radius 2 is 1.30 bits per heavy atom. The molecule has 0 unspecified atom stereocenters. The Kier molecular flexibility index (Phi) is 19.3. The predicted molar refractivity (Wildman–Crippen MR) is 265 cm³/mol. The first-order valence-corrected chi connectivity index (χ1v) is 23.0. The quantitative estimate of drug-likeness (QED) is 0.0286. The molecule has 21 nitrogen and oxygen atoms in total. The van der Waals surface area contributed by atoms with Crippen LogP contribution in [-0.2, 0) is 46.5 Å². The van der Waals surface area contributed by atoms with Gasteiger partial charge in [0.15, 0.2) is 0 Å². The number of pyridine rings is 1. The molecule has 0 saturated heterocycles. The highest BCUT2D eigenvalue weighted by atomic mass is 16.3. The molecule has 1 aromatic heterocycles. The fourth-order valence-electron chi connectivity index (χ4n) is 7.66. The summed E-state index contributed by atoms with van der Waals surface area (Å²) in [5.41, 5.74) is 19.8. The monoisotopic (exact) mass is 975 g/mol. The summed E-state index contributed by atoms with van der Waals surface area (Å²) in [5, 5.41) is 40.5. The number of primary amides is 2. The summed E-state index contributed by atoms with van der Waals surface area (Å²) >= 11 is 0. The number of benzene rings is 4. The van der Waals surface area contributed by atoms with Crippen LogP contribution in [0.4, 0.5) is 11.4 Å². The van der Waals surface area contributed by atoms with E-state index in [-0.39, 0.29) is 42.1 Å². The molecular weight excluding hydrogens is 915 g/mol. The smallest absolute Gasteiger partial charge is 0.254 e. The minimum atomic E-state index is -1.54. The SMILES string of the molecule is CC(=O)N[C@@H](CC(N)=O)C(=O)N[C@H](C(=O)NCc1ccc(Nc2c3ccccc3nc3c(C(=O)N[C@@H](CO)C(=O)N[C@@H](Cc4ccc(O)cc4)C(=O)N[C@@H](CCCCN)C(N)=O)cccc23)cc1)C(C)C. The van der Waals surface area contributed by atoms with E-state index >= 15 is 0 Å². The van der Waals surface area contributed by atoms with Crippen LogP contribution in [0.1, 0.15) is 67.9 Å². The lowest BCUT2D eigenvalue weighted by atomic mass is 10.0. The van der Waals surface area contributed by atoms with Gasteiger partial charge in [0.2, 0.25) is 41.4 Å². The average molecular weight is 976 g/mol. The van der Waals surface area contributed by atoms with Gasteiger partial charge in [-0.1, -0.05) is 68.4 Å². The molecule has 21 heteroatoms. The fraction of sp³-hybridized carbons (Fsp3) is 0.340. The standard InChI is InChI=1S/C50H61N11O10/c1-27(2)42(61-48(69)39(24-41(52)65)55-28(3)63)50(71)54-25-30-14-18-31(19-15-30)56-43-33-9-4-5-12-36(33)57-44-34(43)10-8-11-35(44)46(67)60-40(26-62)49(70)59-38(23-29-16-20-32(64)21-17-29)47(68)58-37(45(53)66)13-6-7-22-51/h4-5,8-12,14-21,27,37-40,42,62,64H,6-7,13,22-26,51H2,1-3H3,(H2,52,65)(H2,53,66)(H,54,71)(H,55,63)(H,56,57)(H,58,68)(H,59,70)(H,60,67)(H,61,69)/t37-,38-,39-,40-,42-/m0/s1. The van der Waals surface area contributed by atoms with E-state index in [0.717, 1.165) is 5.39 Å². The van der Waals surface area contributed by atoms with Crippen LogP contribution < -0.4 is 54.4 Å². The summed E-state index contributed by atoms with van der Waals surface area (Å²) in [7, 11) is 0. The van der Waals surface area contributed by atoms with Crippen molar-refractivity contribution >= 4 is 80.4 Å². The zero-order valence-electron chi connectivity index (χ0n) is 39.6. The van der Waals surface area contributed by atoms with Crippen molar-refractivity contribution in [2.24, 2.45) is 23.1 Å². The summed E-state index contributed by atoms with van der Waals surface area (Å²) in [6.07, 6.45) is 0.776. The first-order chi connectivity index (χ1) is 33.9. The molecular formula is C50H61N11O10. The van der Waals surface area contributed by atoms with Gasteiger partial charge in [0, 0.05) is 36.3 Å². The Bertz CT molecular complexity index is 2720. The van der Waals surface area contributed by atoms with Crippen LogP contribution in [0.5, 0.6) is 5.75 Å². The number of nitrogens with one attached hydrogen (secondary N) is 7. The highest BCUT2D eigenvalue weighted by Gasteiger charge is 2.31. The molecule has 0 saturated carbocycles. The van der Waals surface area contributed by atoms with Gasteiger partial charge in [-0.2, -0.15) is 0 Å². The van der Waals surface area contributed by atoms with Crippen LogP contribution in [0.2, 0.25) is 0 Å². The van der Waals surface area contributed by atoms with Crippen molar-refractivity contribution < 1.29 is 48.6 Å². The Hall–Kier alpha value is -8.17. The van der Waals surface area contributed by atoms with E-state index in [9.17, 15) is 48.6 Å². The van der Waals surface area contributed by atoms with Crippen molar-refractivity contribution in [3.63, 3.8) is 0 Å². The van der Waals surface area contributed by atoms with Crippen LogP contribution in [0.25, 0.3) is 21.8 Å². The van der Waals surface area contributed by atoms with Crippen LogP contribution in [-0.4, -0.2) is 106 Å². The highest BCUT2D eigenvalue weighted by Crippen LogP contribution is 2.34. The first kappa shape index (κ1) is 53.8. The Balaban J connectivity index is 1.33. The topological polar surface area (TPSA) is 352 Å². The maximum Gasteiger partial charge on any atom is 0.254 e. The van der Waals surface area contributed by atoms with Crippen molar-refractivity contribution in [1.29, 1.82) is 0 Å². The number of amides is 8. The van der Waals surface area contributed by atoms with E-state index in [1.165, 1.54) is 25.1 Å². The van der Waals surface area contributed by atoms with E-state index < -0.39 is 90.5 Å². The summed E-state index contributed by atoms with van der Waals surface area (Å²) in [4.78, 5) is 108. The number of hydrogen-bond acceptors (Lipinski definition) is 13. The number of aliphatic hydroxyl groups excluding tert-OH is 1. The normalized spacial score (nSPS) is 13.2. The molecule has 0 fully saturated rings. The third kappa shape index (κ3) is 15.2. The Morgan fingerprint density at radius 1 is 0.662 bits per heavy atom. The molecule has 5 rings (SSSR count). The molecule has 0 aliphatic rings. The number of aromatic nitrogens is 1. The van der Waals surface area contributed by atoms with E-state index in [1.54, 1.807) is 74.5 Å². The summed E-state index contributed by atoms with van der Waals surface area (Å²) in [6, 6.07) is 19.1. The van der Waals surface area contributed by atoms with Gasteiger partial charge in [-0.05, 0) is 79.3 Å². The van der Waals surface area contributed by atoms with Crippen LogP contribution in [0.3, 0.4) is 0 Å². The van der Waals surface area contributed by atoms with Gasteiger partial charge in [0.1, 0.15) is 36.0 Å². The minimum absolute atomic E-state index is 0.0201. The summed E-state index contributed by atoms with van der Waals surface area (Å²) in [5.74, 6) is -6.11. The number of anilines is 2. The number of unbranched alkanes of at least 4 members (excludes halogenated alkanes) is 1. The number of aliphatic hydroxyl groups is 1. The second-order valence-electron chi connectivity index (χ2n) is 17.3. The molecule has 15 N–H and O–H groups in total. The second-order valence-corrected chi connectivity index (χ2v) is 17.3. The Labute approximate surface area is 409 Å². The number of nitrogens with zero attached hydrogens (tertiary/aromatic N) is 1. The fourth-order valence-corrected chi connectivity index (χ4v) is 7.66. The molecule has 71 heavy (non-hydrogen) atoms. The maximum atomic E-state index is 14.1. The van der Waals surface area contributed by atoms with Crippen molar-refractivity contribution in [3.8, 4) is 5.75 Å². The Morgan fingerprint density at radius 3 is 1.93 bits per heavy atom. The van der Waals surface area contributed by atoms with Gasteiger partial charge < -0.3 is 64.6 Å². The molecule has 8 amide bonds. The molecule has 0 spiro atoms. The first-order valence-electron chi connectivity index (χ1n) is 23.0. The molecule has 0 aliphatic heterocycles. The highest BCUT2D eigenvalue weighted by molar-refractivity contribution is 6.15. The van der Waals surface area contributed by atoms with Crippen LogP contribution >= 0.6 is 0 Å². The van der Waals surface area contributed by atoms with Gasteiger partial charge in [0.05, 0.1) is 35.3 Å². The zero-order chi connectivity index (χ0) is 51.8. The summed E-state index contributed by atoms with van der Waals surface area (Å²) < 4.78 is 0. The molecule has 0 bridgehead atoms. The molecule has 376 valence electrons. The van der Waals surface area contributed by atoms with Crippen molar-refractivity contribution in [1.82, 2.24) is 36.9 Å².